The van der Waals surface area contributed by atoms with E-state index in [4.69, 9.17) is 29.0 Å². The fourth-order valence-electron chi connectivity index (χ4n) is 5.57. The standard InChI is InChI=1S/C43H74NO9P/c1-3-5-7-8-9-10-11-12-13-14-15-20-23-26-30-34-43(46)52-39(38-51-54(47,48)50-36-35-44)37-49-42(45)33-29-25-22-19-17-16-18-21-24-28-32-41-40(53-41)31-27-6-4-2/h9-10,12-13,16,18-19,22,24,28,39-41H,3-8,11,14-15,17,20-21,23,25-27,29-38,44H2,1-2H3,(H,47,48)/b10-9-,13-12-,18-16-,22-19-,28-24-/t39-,40?,41?/m1/s1. The van der Waals surface area contributed by atoms with Gasteiger partial charge in [-0.05, 0) is 77.0 Å². The van der Waals surface area contributed by atoms with Crippen LogP contribution < -0.4 is 5.73 Å². The van der Waals surface area contributed by atoms with Crippen molar-refractivity contribution in [2.45, 2.75) is 173 Å². The van der Waals surface area contributed by atoms with Crippen molar-refractivity contribution in [1.82, 2.24) is 0 Å². The van der Waals surface area contributed by atoms with Gasteiger partial charge < -0.3 is 24.8 Å². The molecule has 0 saturated carbocycles. The highest BCUT2D eigenvalue weighted by Crippen LogP contribution is 2.43. The van der Waals surface area contributed by atoms with Crippen molar-refractivity contribution in [3.8, 4) is 0 Å². The van der Waals surface area contributed by atoms with Crippen molar-refractivity contribution in [2.24, 2.45) is 5.73 Å². The minimum Gasteiger partial charge on any atom is -0.462 e. The number of hydrogen-bond acceptors (Lipinski definition) is 9. The molecule has 1 aliphatic heterocycles. The van der Waals surface area contributed by atoms with Gasteiger partial charge in [-0.15, -0.1) is 0 Å². The monoisotopic (exact) mass is 780 g/mol. The van der Waals surface area contributed by atoms with Gasteiger partial charge in [-0.3, -0.25) is 18.6 Å². The highest BCUT2D eigenvalue weighted by molar-refractivity contribution is 7.47. The van der Waals surface area contributed by atoms with Crippen LogP contribution in [0.15, 0.2) is 60.8 Å². The maximum absolute atomic E-state index is 12.6. The Hall–Kier alpha value is -2.33. The summed E-state index contributed by atoms with van der Waals surface area (Å²) < 4.78 is 38.4. The number of hydrogen-bond donors (Lipinski definition) is 2. The molecule has 0 aromatic heterocycles. The average molecular weight is 780 g/mol. The average Bonchev–Trinajstić information content (AvgIpc) is 3.91. The van der Waals surface area contributed by atoms with Gasteiger partial charge in [-0.2, -0.15) is 0 Å². The summed E-state index contributed by atoms with van der Waals surface area (Å²) in [4.78, 5) is 34.8. The van der Waals surface area contributed by atoms with Crippen LogP contribution in [0.2, 0.25) is 0 Å². The van der Waals surface area contributed by atoms with Gasteiger partial charge in [0.1, 0.15) is 6.61 Å². The predicted molar refractivity (Wildman–Crippen MR) is 219 cm³/mol. The Labute approximate surface area is 327 Å². The molecule has 0 spiro atoms. The molecule has 3 N–H and O–H groups in total. The largest absolute Gasteiger partial charge is 0.472 e. The first-order chi connectivity index (χ1) is 26.3. The lowest BCUT2D eigenvalue weighted by Gasteiger charge is -2.19. The number of ether oxygens (including phenoxy) is 3. The summed E-state index contributed by atoms with van der Waals surface area (Å²) >= 11 is 0. The third-order valence-corrected chi connectivity index (χ3v) is 9.78. The first-order valence-electron chi connectivity index (χ1n) is 20.9. The van der Waals surface area contributed by atoms with Crippen LogP contribution in [0.5, 0.6) is 0 Å². The molecule has 0 aromatic rings. The fraction of sp³-hybridized carbons (Fsp3) is 0.721. The number of allylic oxidation sites excluding steroid dienone is 9. The Bertz CT molecular complexity index is 1140. The van der Waals surface area contributed by atoms with Crippen LogP contribution in [0.25, 0.3) is 0 Å². The second-order valence-electron chi connectivity index (χ2n) is 13.9. The van der Waals surface area contributed by atoms with E-state index in [0.29, 0.717) is 25.0 Å². The topological polar surface area (TPSA) is 147 Å². The molecule has 1 heterocycles. The number of nitrogens with two attached hydrogens (primary N) is 1. The van der Waals surface area contributed by atoms with E-state index in [9.17, 15) is 19.0 Å². The number of phosphoric acid groups is 1. The molecule has 1 fully saturated rings. The lowest BCUT2D eigenvalue weighted by molar-refractivity contribution is -0.161. The van der Waals surface area contributed by atoms with Crippen LogP contribution in [-0.4, -0.2) is 61.5 Å². The van der Waals surface area contributed by atoms with Gasteiger partial charge in [-0.1, -0.05) is 126 Å². The molecular formula is C43H74NO9P. The van der Waals surface area contributed by atoms with Gasteiger partial charge in [0.2, 0.25) is 0 Å². The Balaban J connectivity index is 2.24. The summed E-state index contributed by atoms with van der Waals surface area (Å²) in [6.07, 6.45) is 42.9. The van der Waals surface area contributed by atoms with Gasteiger partial charge in [0, 0.05) is 19.4 Å². The first kappa shape index (κ1) is 49.7. The summed E-state index contributed by atoms with van der Waals surface area (Å²) in [5.74, 6) is -0.921. The van der Waals surface area contributed by atoms with E-state index in [0.717, 1.165) is 64.2 Å². The van der Waals surface area contributed by atoms with E-state index in [2.05, 4.69) is 68.5 Å². The molecule has 11 heteroatoms. The smallest absolute Gasteiger partial charge is 0.462 e. The third kappa shape index (κ3) is 32.0. The Morgan fingerprint density at radius 2 is 1.22 bits per heavy atom. The summed E-state index contributed by atoms with van der Waals surface area (Å²) in [7, 11) is -4.40. The molecule has 54 heavy (non-hydrogen) atoms. The molecule has 0 amide bonds. The minimum absolute atomic E-state index is 0.0392. The van der Waals surface area contributed by atoms with E-state index in [1.54, 1.807) is 0 Å². The van der Waals surface area contributed by atoms with Gasteiger partial charge >= 0.3 is 19.8 Å². The Morgan fingerprint density at radius 1 is 0.667 bits per heavy atom. The third-order valence-electron chi connectivity index (χ3n) is 8.80. The van der Waals surface area contributed by atoms with Crippen LogP contribution in [-0.2, 0) is 37.4 Å². The van der Waals surface area contributed by atoms with Crippen molar-refractivity contribution < 1.29 is 42.3 Å². The summed E-state index contributed by atoms with van der Waals surface area (Å²) in [6, 6.07) is 0. The minimum atomic E-state index is -4.40. The van der Waals surface area contributed by atoms with Crippen molar-refractivity contribution in [2.75, 3.05) is 26.4 Å². The zero-order chi connectivity index (χ0) is 39.4. The number of carbonyl (C=O) groups excluding carboxylic acids is 2. The summed E-state index contributed by atoms with van der Waals surface area (Å²) in [6.45, 7) is 3.57. The van der Waals surface area contributed by atoms with E-state index < -0.39 is 32.5 Å². The highest BCUT2D eigenvalue weighted by Gasteiger charge is 2.36. The molecule has 10 nitrogen and oxygen atoms in total. The fourth-order valence-corrected chi connectivity index (χ4v) is 6.34. The van der Waals surface area contributed by atoms with Crippen molar-refractivity contribution in [3.63, 3.8) is 0 Å². The van der Waals surface area contributed by atoms with E-state index >= 15 is 0 Å². The molecule has 0 bridgehead atoms. The van der Waals surface area contributed by atoms with Crippen LogP contribution in [0, 0.1) is 0 Å². The van der Waals surface area contributed by atoms with Gasteiger partial charge in [-0.25, -0.2) is 4.57 Å². The second kappa shape index (κ2) is 35.1. The molecule has 0 radical (unpaired) electrons. The normalized spacial score (nSPS) is 17.7. The maximum atomic E-state index is 12.6. The molecule has 0 aliphatic carbocycles. The Morgan fingerprint density at radius 3 is 1.89 bits per heavy atom. The number of epoxide rings is 1. The van der Waals surface area contributed by atoms with Gasteiger partial charge in [0.15, 0.2) is 6.10 Å². The van der Waals surface area contributed by atoms with E-state index in [1.165, 1.54) is 51.4 Å². The lowest BCUT2D eigenvalue weighted by atomic mass is 10.1. The van der Waals surface area contributed by atoms with Crippen LogP contribution in [0.4, 0.5) is 0 Å². The lowest BCUT2D eigenvalue weighted by Crippen LogP contribution is -2.29. The molecule has 1 rings (SSSR count). The predicted octanol–water partition coefficient (Wildman–Crippen LogP) is 10.7. The van der Waals surface area contributed by atoms with Gasteiger partial charge in [0.25, 0.3) is 0 Å². The summed E-state index contributed by atoms with van der Waals surface area (Å²) in [5, 5.41) is 0. The van der Waals surface area contributed by atoms with Crippen LogP contribution in [0.1, 0.15) is 155 Å². The highest BCUT2D eigenvalue weighted by atomic mass is 31.2. The number of unbranched alkanes of at least 4 members (excludes halogenated alkanes) is 11. The second-order valence-corrected chi connectivity index (χ2v) is 15.3. The quantitative estimate of drug-likeness (QED) is 0.0205. The number of rotatable bonds is 37. The van der Waals surface area contributed by atoms with Crippen molar-refractivity contribution in [3.05, 3.63) is 60.8 Å². The van der Waals surface area contributed by atoms with Crippen LogP contribution >= 0.6 is 7.82 Å². The zero-order valence-electron chi connectivity index (χ0n) is 33.6. The zero-order valence-corrected chi connectivity index (χ0v) is 34.5. The first-order valence-corrected chi connectivity index (χ1v) is 22.4. The molecule has 3 unspecified atom stereocenters. The number of esters is 2. The van der Waals surface area contributed by atoms with Gasteiger partial charge in [0.05, 0.1) is 25.4 Å². The maximum Gasteiger partial charge on any atom is 0.472 e. The molecule has 4 atom stereocenters. The summed E-state index contributed by atoms with van der Waals surface area (Å²) in [5.41, 5.74) is 5.34. The number of carbonyl (C=O) groups is 2. The van der Waals surface area contributed by atoms with E-state index in [1.807, 2.05) is 6.08 Å². The van der Waals surface area contributed by atoms with Crippen molar-refractivity contribution in [1.29, 1.82) is 0 Å². The Kier molecular flexibility index (Phi) is 32.3. The molecular weight excluding hydrogens is 705 g/mol. The molecule has 1 aliphatic rings. The molecule has 1 saturated heterocycles. The molecule has 310 valence electrons. The van der Waals surface area contributed by atoms with Crippen molar-refractivity contribution >= 4 is 19.8 Å². The van der Waals surface area contributed by atoms with Crippen LogP contribution in [0.3, 0.4) is 0 Å². The molecule has 0 aromatic carbocycles. The SMILES string of the molecule is CCCCC/C=C\C/C=C\CCCCCCCC(=O)O[C@H](COC(=O)CCC/C=C\C/C=C\C/C=C\CC1OC1CCCCC)COP(=O)(O)OCCN. The van der Waals surface area contributed by atoms with E-state index in [-0.39, 0.29) is 32.6 Å². The number of phosphoric ester groups is 1.